The van der Waals surface area contributed by atoms with Crippen molar-refractivity contribution in [2.45, 2.75) is 6.54 Å². The van der Waals surface area contributed by atoms with Crippen LogP contribution in [0.1, 0.15) is 5.56 Å². The van der Waals surface area contributed by atoms with Crippen LogP contribution in [0.25, 0.3) is 11.0 Å². The summed E-state index contributed by atoms with van der Waals surface area (Å²) in [7, 11) is 0. The smallest absolute Gasteiger partial charge is 0.134 e. The number of rotatable bonds is 3. The molecule has 1 heterocycles. The molecule has 4 nitrogen and oxygen atoms in total. The Balaban J connectivity index is 2.29. The first-order valence-corrected chi connectivity index (χ1v) is 5.13. The van der Waals surface area contributed by atoms with Crippen molar-refractivity contribution in [1.29, 1.82) is 0 Å². The third-order valence-corrected chi connectivity index (χ3v) is 2.32. The molecule has 1 N–H and O–H groups in total. The van der Waals surface area contributed by atoms with Gasteiger partial charge in [0.05, 0.1) is 6.26 Å². The Hall–Kier alpha value is -1.17. The lowest BCUT2D eigenvalue weighted by Crippen LogP contribution is -2.15. The van der Waals surface area contributed by atoms with Crippen molar-refractivity contribution in [3.8, 4) is 0 Å². The van der Waals surface area contributed by atoms with Gasteiger partial charge < -0.3 is 8.97 Å². The fourth-order valence-corrected chi connectivity index (χ4v) is 1.58. The van der Waals surface area contributed by atoms with Crippen LogP contribution in [0.2, 0.25) is 0 Å². The predicted molar refractivity (Wildman–Crippen MR) is 52.0 cm³/mol. The minimum absolute atomic E-state index is 0.257. The van der Waals surface area contributed by atoms with Crippen LogP contribution in [0.4, 0.5) is 0 Å². The summed E-state index contributed by atoms with van der Waals surface area (Å²) < 4.78 is 28.1. The largest absolute Gasteiger partial charge is 0.760 e. The van der Waals surface area contributed by atoms with E-state index in [0.29, 0.717) is 0 Å². The van der Waals surface area contributed by atoms with Crippen LogP contribution < -0.4 is 4.72 Å². The second-order valence-corrected chi connectivity index (χ2v) is 3.57. The molecule has 0 spiro atoms. The molecule has 0 aliphatic rings. The van der Waals surface area contributed by atoms with Gasteiger partial charge in [-0.05, 0) is 6.07 Å². The van der Waals surface area contributed by atoms with Crippen LogP contribution in [0.5, 0.6) is 0 Å². The minimum atomic E-state index is -2.23. The monoisotopic (exact) mass is 210 g/mol. The molecule has 0 fully saturated rings. The highest BCUT2D eigenvalue weighted by atomic mass is 32.2. The molecule has 1 unspecified atom stereocenters. The minimum Gasteiger partial charge on any atom is -0.760 e. The number of nitrogens with one attached hydrogen (secondary N) is 1. The van der Waals surface area contributed by atoms with E-state index in [2.05, 4.69) is 4.72 Å². The molecular weight excluding hydrogens is 202 g/mol. The fourth-order valence-electron chi connectivity index (χ4n) is 1.31. The van der Waals surface area contributed by atoms with Gasteiger partial charge in [0.1, 0.15) is 5.58 Å². The van der Waals surface area contributed by atoms with Crippen LogP contribution in [0.3, 0.4) is 0 Å². The maximum Gasteiger partial charge on any atom is 0.134 e. The van der Waals surface area contributed by atoms with Gasteiger partial charge in [0.25, 0.3) is 0 Å². The third kappa shape index (κ3) is 1.84. The van der Waals surface area contributed by atoms with Gasteiger partial charge in [-0.2, -0.15) is 0 Å². The van der Waals surface area contributed by atoms with E-state index in [1.54, 1.807) is 6.26 Å². The van der Waals surface area contributed by atoms with Crippen molar-refractivity contribution in [2.75, 3.05) is 0 Å². The van der Waals surface area contributed by atoms with Crippen molar-refractivity contribution in [3.05, 3.63) is 36.1 Å². The molecule has 1 aromatic heterocycles. The zero-order valence-electron chi connectivity index (χ0n) is 7.23. The number of hydrogen-bond donors (Lipinski definition) is 1. The zero-order chi connectivity index (χ0) is 9.97. The molecule has 0 saturated heterocycles. The van der Waals surface area contributed by atoms with Crippen LogP contribution >= 0.6 is 0 Å². The van der Waals surface area contributed by atoms with E-state index in [9.17, 15) is 8.76 Å². The molecule has 0 bridgehead atoms. The molecule has 1 atom stereocenters. The zero-order valence-corrected chi connectivity index (χ0v) is 8.04. The molecule has 2 aromatic rings. The van der Waals surface area contributed by atoms with Gasteiger partial charge in [-0.3, -0.25) is 4.21 Å². The Bertz CT molecular complexity index is 466. The molecule has 0 radical (unpaired) electrons. The van der Waals surface area contributed by atoms with E-state index in [0.717, 1.165) is 16.5 Å². The predicted octanol–water partition coefficient (Wildman–Crippen LogP) is 1.32. The third-order valence-electron chi connectivity index (χ3n) is 1.94. The van der Waals surface area contributed by atoms with Gasteiger partial charge in [-0.15, -0.1) is 0 Å². The lowest BCUT2D eigenvalue weighted by Gasteiger charge is -2.04. The van der Waals surface area contributed by atoms with Crippen LogP contribution in [-0.4, -0.2) is 8.76 Å². The Kier molecular flexibility index (Phi) is 2.62. The Morgan fingerprint density at radius 2 is 2.21 bits per heavy atom. The SMILES string of the molecule is O=S([O-])NCc1coc2ccccc12. The van der Waals surface area contributed by atoms with Gasteiger partial charge >= 0.3 is 0 Å². The lowest BCUT2D eigenvalue weighted by atomic mass is 10.2. The molecule has 14 heavy (non-hydrogen) atoms. The second-order valence-electron chi connectivity index (χ2n) is 2.81. The highest BCUT2D eigenvalue weighted by Gasteiger charge is 2.03. The van der Waals surface area contributed by atoms with Gasteiger partial charge in [-0.1, -0.05) is 18.2 Å². The number of furan rings is 1. The summed E-state index contributed by atoms with van der Waals surface area (Å²) in [5, 5.41) is 0.936. The summed E-state index contributed by atoms with van der Waals surface area (Å²) in [6.07, 6.45) is 1.56. The number of benzene rings is 1. The van der Waals surface area contributed by atoms with Crippen molar-refractivity contribution in [3.63, 3.8) is 0 Å². The van der Waals surface area contributed by atoms with Gasteiger partial charge in [-0.25, -0.2) is 4.72 Å². The van der Waals surface area contributed by atoms with Gasteiger partial charge in [0.2, 0.25) is 0 Å². The summed E-state index contributed by atoms with van der Waals surface area (Å²) in [6.45, 7) is 0.257. The van der Waals surface area contributed by atoms with Crippen molar-refractivity contribution >= 4 is 22.2 Å². The van der Waals surface area contributed by atoms with E-state index in [4.69, 9.17) is 4.42 Å². The lowest BCUT2D eigenvalue weighted by molar-refractivity contribution is 0.522. The van der Waals surface area contributed by atoms with Crippen molar-refractivity contribution < 1.29 is 13.2 Å². The molecule has 0 aliphatic carbocycles. The van der Waals surface area contributed by atoms with E-state index in [1.165, 1.54) is 0 Å². The Morgan fingerprint density at radius 1 is 1.43 bits per heavy atom. The second kappa shape index (κ2) is 3.91. The molecule has 0 aliphatic heterocycles. The van der Waals surface area contributed by atoms with Crippen molar-refractivity contribution in [2.24, 2.45) is 0 Å². The van der Waals surface area contributed by atoms with Crippen LogP contribution in [0, 0.1) is 0 Å². The highest BCUT2D eigenvalue weighted by molar-refractivity contribution is 7.77. The van der Waals surface area contributed by atoms with E-state index in [-0.39, 0.29) is 6.54 Å². The Morgan fingerprint density at radius 3 is 3.00 bits per heavy atom. The van der Waals surface area contributed by atoms with Crippen molar-refractivity contribution in [1.82, 2.24) is 4.72 Å². The van der Waals surface area contributed by atoms with Gasteiger partial charge in [0, 0.05) is 28.8 Å². The van der Waals surface area contributed by atoms with E-state index in [1.807, 2.05) is 24.3 Å². The molecule has 5 heteroatoms. The summed E-state index contributed by atoms with van der Waals surface area (Å²) in [5.41, 5.74) is 1.60. The summed E-state index contributed by atoms with van der Waals surface area (Å²) in [5.74, 6) is 0. The molecule has 74 valence electrons. The number of para-hydroxylation sites is 1. The summed E-state index contributed by atoms with van der Waals surface area (Å²) in [4.78, 5) is 0. The first-order valence-electron chi connectivity index (χ1n) is 4.05. The Labute approximate surface area is 83.3 Å². The van der Waals surface area contributed by atoms with Crippen LogP contribution in [0.15, 0.2) is 34.9 Å². The van der Waals surface area contributed by atoms with Crippen LogP contribution in [-0.2, 0) is 17.8 Å². The number of fused-ring (bicyclic) bond motifs is 1. The first kappa shape index (κ1) is 9.39. The fraction of sp³-hybridized carbons (Fsp3) is 0.111. The quantitative estimate of drug-likeness (QED) is 0.777. The molecule has 1 aromatic carbocycles. The number of hydrogen-bond acceptors (Lipinski definition) is 3. The summed E-state index contributed by atoms with van der Waals surface area (Å²) >= 11 is -2.23. The highest BCUT2D eigenvalue weighted by Crippen LogP contribution is 2.20. The van der Waals surface area contributed by atoms with E-state index < -0.39 is 11.3 Å². The topological polar surface area (TPSA) is 65.3 Å². The molecule has 0 saturated carbocycles. The molecular formula is C9H8NO3S-. The molecule has 0 amide bonds. The van der Waals surface area contributed by atoms with Gasteiger partial charge in [0.15, 0.2) is 0 Å². The standard InChI is InChI=1S/C9H9NO3S/c11-14(12)10-5-7-6-13-9-4-2-1-3-8(7)9/h1-4,6,10H,5H2,(H,11,12)/p-1. The normalized spacial score (nSPS) is 13.2. The molecule has 2 rings (SSSR count). The average molecular weight is 210 g/mol. The maximum atomic E-state index is 10.3. The van der Waals surface area contributed by atoms with E-state index >= 15 is 0 Å². The maximum absolute atomic E-state index is 10.3. The first-order chi connectivity index (χ1) is 6.77. The summed E-state index contributed by atoms with van der Waals surface area (Å²) in [6, 6.07) is 7.49. The average Bonchev–Trinajstić information content (AvgIpc) is 2.58.